The fraction of sp³-hybridized carbons (Fsp3) is 0.308. The summed E-state index contributed by atoms with van der Waals surface area (Å²) in [5.74, 6) is -0.196. The Balaban J connectivity index is 1.98. The lowest BCUT2D eigenvalue weighted by Gasteiger charge is -2.32. The molecule has 1 aliphatic heterocycles. The third kappa shape index (κ3) is 3.01. The van der Waals surface area contributed by atoms with Crippen LogP contribution in [0.3, 0.4) is 0 Å². The molecule has 19 heavy (non-hydrogen) atoms. The zero-order valence-electron chi connectivity index (χ0n) is 10.2. The molecule has 2 rings (SSSR count). The maximum Gasteiger partial charge on any atom is 0.407 e. The van der Waals surface area contributed by atoms with Gasteiger partial charge in [-0.15, -0.1) is 0 Å². The summed E-state index contributed by atoms with van der Waals surface area (Å²) in [6.45, 7) is 1.08. The summed E-state index contributed by atoms with van der Waals surface area (Å²) in [4.78, 5) is 25.3. The van der Waals surface area contributed by atoms with Crippen molar-refractivity contribution in [2.24, 2.45) is 0 Å². The van der Waals surface area contributed by atoms with Crippen LogP contribution >= 0.6 is 0 Å². The largest absolute Gasteiger partial charge is 0.465 e. The van der Waals surface area contributed by atoms with Crippen LogP contribution in [0, 0.1) is 11.3 Å². The fourth-order valence-electron chi connectivity index (χ4n) is 1.94. The van der Waals surface area contributed by atoms with Gasteiger partial charge >= 0.3 is 6.09 Å². The zero-order chi connectivity index (χ0) is 13.8. The monoisotopic (exact) mass is 259 g/mol. The van der Waals surface area contributed by atoms with Crippen molar-refractivity contribution >= 4 is 12.0 Å². The molecule has 2 amide bonds. The van der Waals surface area contributed by atoms with Gasteiger partial charge in [-0.05, 0) is 17.7 Å². The van der Waals surface area contributed by atoms with Crippen LogP contribution in [0.2, 0.25) is 0 Å². The molecule has 0 spiro atoms. The molecule has 1 fully saturated rings. The number of nitriles is 1. The first-order valence-electron chi connectivity index (χ1n) is 5.85. The Morgan fingerprint density at radius 2 is 2.00 bits per heavy atom. The third-order valence-corrected chi connectivity index (χ3v) is 3.05. The van der Waals surface area contributed by atoms with E-state index in [1.807, 2.05) is 6.07 Å². The van der Waals surface area contributed by atoms with Crippen molar-refractivity contribution in [1.82, 2.24) is 9.80 Å². The first-order valence-corrected chi connectivity index (χ1v) is 5.85. The molecule has 1 saturated heterocycles. The Bertz CT molecular complexity index is 533. The van der Waals surface area contributed by atoms with Crippen LogP contribution in [0.25, 0.3) is 0 Å². The number of carbonyl (C=O) groups is 2. The average molecular weight is 259 g/mol. The number of benzene rings is 1. The molecule has 0 bridgehead atoms. The quantitative estimate of drug-likeness (QED) is 0.854. The van der Waals surface area contributed by atoms with Gasteiger partial charge < -0.3 is 10.0 Å². The summed E-state index contributed by atoms with van der Waals surface area (Å²) < 4.78 is 0. The summed E-state index contributed by atoms with van der Waals surface area (Å²) in [5, 5.41) is 17.5. The number of nitrogens with zero attached hydrogens (tertiary/aromatic N) is 3. The van der Waals surface area contributed by atoms with E-state index in [1.54, 1.807) is 29.2 Å². The van der Waals surface area contributed by atoms with Crippen molar-refractivity contribution in [3.8, 4) is 6.07 Å². The standard InChI is InChI=1S/C13H13N3O3/c14-7-10-1-3-11(4-2-10)8-15-5-6-16(13(18)19)9-12(15)17/h1-4H,5-6,8-9H2,(H,18,19). The van der Waals surface area contributed by atoms with Gasteiger partial charge in [0, 0.05) is 19.6 Å². The van der Waals surface area contributed by atoms with Gasteiger partial charge in [0.2, 0.25) is 5.91 Å². The average Bonchev–Trinajstić information content (AvgIpc) is 2.41. The Morgan fingerprint density at radius 1 is 1.32 bits per heavy atom. The molecule has 0 aliphatic carbocycles. The van der Waals surface area contributed by atoms with Crippen molar-refractivity contribution < 1.29 is 14.7 Å². The molecule has 1 aromatic rings. The van der Waals surface area contributed by atoms with Crippen LogP contribution in [0.1, 0.15) is 11.1 Å². The van der Waals surface area contributed by atoms with Crippen molar-refractivity contribution in [1.29, 1.82) is 5.26 Å². The van der Waals surface area contributed by atoms with E-state index in [9.17, 15) is 9.59 Å². The SMILES string of the molecule is N#Cc1ccc(CN2CCN(C(=O)O)CC2=O)cc1. The molecule has 0 aromatic heterocycles. The normalized spacial score (nSPS) is 15.2. The molecule has 0 radical (unpaired) electrons. The second-order valence-corrected chi connectivity index (χ2v) is 4.33. The van der Waals surface area contributed by atoms with E-state index in [4.69, 9.17) is 10.4 Å². The Hall–Kier alpha value is -2.55. The van der Waals surface area contributed by atoms with E-state index in [0.29, 0.717) is 25.2 Å². The van der Waals surface area contributed by atoms with Crippen LogP contribution in [0.4, 0.5) is 4.79 Å². The second kappa shape index (κ2) is 5.40. The topological polar surface area (TPSA) is 84.6 Å². The Labute approximate surface area is 110 Å². The number of amides is 2. The number of hydrogen-bond acceptors (Lipinski definition) is 3. The Morgan fingerprint density at radius 3 is 2.53 bits per heavy atom. The lowest BCUT2D eigenvalue weighted by Crippen LogP contribution is -2.51. The Kier molecular flexibility index (Phi) is 3.66. The predicted molar refractivity (Wildman–Crippen MR) is 66.2 cm³/mol. The van der Waals surface area contributed by atoms with Crippen LogP contribution in [0.15, 0.2) is 24.3 Å². The summed E-state index contributed by atoms with van der Waals surface area (Å²) in [6, 6.07) is 9.04. The van der Waals surface area contributed by atoms with Crippen molar-refractivity contribution in [2.45, 2.75) is 6.54 Å². The summed E-state index contributed by atoms with van der Waals surface area (Å²) in [6.07, 6.45) is -1.06. The van der Waals surface area contributed by atoms with Gasteiger partial charge in [-0.2, -0.15) is 5.26 Å². The van der Waals surface area contributed by atoms with E-state index in [-0.39, 0.29) is 12.5 Å². The first-order chi connectivity index (χ1) is 9.10. The molecule has 0 atom stereocenters. The smallest absolute Gasteiger partial charge is 0.407 e. The molecule has 0 unspecified atom stereocenters. The highest BCUT2D eigenvalue weighted by atomic mass is 16.4. The van der Waals surface area contributed by atoms with Crippen LogP contribution in [0.5, 0.6) is 0 Å². The van der Waals surface area contributed by atoms with Gasteiger partial charge in [0.25, 0.3) is 0 Å². The van der Waals surface area contributed by atoms with Crippen LogP contribution < -0.4 is 0 Å². The molecule has 1 aromatic carbocycles. The second-order valence-electron chi connectivity index (χ2n) is 4.33. The minimum absolute atomic E-state index is 0.0917. The van der Waals surface area contributed by atoms with E-state index in [1.165, 1.54) is 0 Å². The predicted octanol–water partition coefficient (Wildman–Crippen LogP) is 0.880. The maximum absolute atomic E-state index is 11.8. The van der Waals surface area contributed by atoms with Gasteiger partial charge in [0.05, 0.1) is 11.6 Å². The van der Waals surface area contributed by atoms with Crippen LogP contribution in [-0.4, -0.2) is 46.5 Å². The number of hydrogen-bond donors (Lipinski definition) is 1. The van der Waals surface area contributed by atoms with Gasteiger partial charge in [0.1, 0.15) is 6.54 Å². The number of piperazine rings is 1. The summed E-state index contributed by atoms with van der Waals surface area (Å²) >= 11 is 0. The molecule has 0 saturated carbocycles. The minimum Gasteiger partial charge on any atom is -0.465 e. The summed E-state index contributed by atoms with van der Waals surface area (Å²) in [7, 11) is 0. The molecule has 6 nitrogen and oxygen atoms in total. The van der Waals surface area contributed by atoms with E-state index in [0.717, 1.165) is 10.5 Å². The molecule has 1 N–H and O–H groups in total. The lowest BCUT2D eigenvalue weighted by atomic mass is 10.1. The van der Waals surface area contributed by atoms with Crippen molar-refractivity contribution in [2.75, 3.05) is 19.6 Å². The number of carboxylic acid groups (broad SMARTS) is 1. The third-order valence-electron chi connectivity index (χ3n) is 3.05. The van der Waals surface area contributed by atoms with Gasteiger partial charge in [0.15, 0.2) is 0 Å². The molecule has 1 aliphatic rings. The van der Waals surface area contributed by atoms with Gasteiger partial charge in [-0.1, -0.05) is 12.1 Å². The van der Waals surface area contributed by atoms with Crippen molar-refractivity contribution in [3.05, 3.63) is 35.4 Å². The minimum atomic E-state index is -1.06. The highest BCUT2D eigenvalue weighted by molar-refractivity contribution is 5.83. The van der Waals surface area contributed by atoms with E-state index in [2.05, 4.69) is 0 Å². The van der Waals surface area contributed by atoms with Gasteiger partial charge in [-0.3, -0.25) is 9.69 Å². The molecule has 98 valence electrons. The van der Waals surface area contributed by atoms with E-state index >= 15 is 0 Å². The molecule has 6 heteroatoms. The van der Waals surface area contributed by atoms with Crippen LogP contribution in [-0.2, 0) is 11.3 Å². The number of rotatable bonds is 2. The first kappa shape index (κ1) is 12.9. The molecular formula is C13H13N3O3. The highest BCUT2D eigenvalue weighted by Crippen LogP contribution is 2.10. The maximum atomic E-state index is 11.8. The lowest BCUT2D eigenvalue weighted by molar-refractivity contribution is -0.135. The van der Waals surface area contributed by atoms with Gasteiger partial charge in [-0.25, -0.2) is 4.79 Å². The number of carbonyl (C=O) groups excluding carboxylic acids is 1. The summed E-state index contributed by atoms with van der Waals surface area (Å²) in [5.41, 5.74) is 1.50. The van der Waals surface area contributed by atoms with E-state index < -0.39 is 6.09 Å². The van der Waals surface area contributed by atoms with Crippen molar-refractivity contribution in [3.63, 3.8) is 0 Å². The molecular weight excluding hydrogens is 246 g/mol. The highest BCUT2D eigenvalue weighted by Gasteiger charge is 2.26. The zero-order valence-corrected chi connectivity index (χ0v) is 10.2. The molecule has 1 heterocycles. The fourth-order valence-corrected chi connectivity index (χ4v) is 1.94.